The van der Waals surface area contributed by atoms with Gasteiger partial charge in [0.05, 0.1) is 0 Å². The van der Waals surface area contributed by atoms with Crippen molar-refractivity contribution < 1.29 is 9.59 Å². The Morgan fingerprint density at radius 3 is 2.52 bits per heavy atom. The molecule has 4 heterocycles. The van der Waals surface area contributed by atoms with Crippen LogP contribution in [0.5, 0.6) is 0 Å². The van der Waals surface area contributed by atoms with Gasteiger partial charge in [0.25, 0.3) is 5.91 Å². The number of ketones is 1. The predicted molar refractivity (Wildman–Crippen MR) is 99.6 cm³/mol. The molecule has 142 valence electrons. The second-order valence-corrected chi connectivity index (χ2v) is 7.59. The number of nitrogens with zero attached hydrogens (tertiary/aromatic N) is 5. The van der Waals surface area contributed by atoms with Gasteiger partial charge in [-0.15, -0.1) is 0 Å². The van der Waals surface area contributed by atoms with E-state index in [0.29, 0.717) is 11.4 Å². The van der Waals surface area contributed by atoms with E-state index in [0.717, 1.165) is 51.4 Å². The molecule has 1 spiro atoms. The number of hydrogen-bond acceptors (Lipinski definition) is 6. The fourth-order valence-corrected chi connectivity index (χ4v) is 4.21. The number of aromatic amines is 1. The number of carbonyl (C=O) groups is 2. The summed E-state index contributed by atoms with van der Waals surface area (Å²) in [6.07, 6.45) is 7.80. The highest BCUT2D eigenvalue weighted by Crippen LogP contribution is 2.40. The minimum absolute atomic E-state index is 0.0797. The van der Waals surface area contributed by atoms with E-state index in [1.807, 2.05) is 11.0 Å². The Hall–Kier alpha value is -2.77. The highest BCUT2D eigenvalue weighted by molar-refractivity contribution is 5.97. The van der Waals surface area contributed by atoms with Gasteiger partial charge in [-0.1, -0.05) is 0 Å². The molecule has 0 saturated carbocycles. The van der Waals surface area contributed by atoms with Crippen LogP contribution in [0.1, 0.15) is 53.6 Å². The minimum Gasteiger partial charge on any atom is -0.340 e. The summed E-state index contributed by atoms with van der Waals surface area (Å²) in [7, 11) is 0. The third kappa shape index (κ3) is 3.56. The van der Waals surface area contributed by atoms with Crippen molar-refractivity contribution in [2.45, 2.75) is 32.6 Å². The van der Waals surface area contributed by atoms with Gasteiger partial charge in [-0.3, -0.25) is 14.7 Å². The number of H-pyrrole nitrogens is 1. The summed E-state index contributed by atoms with van der Waals surface area (Å²) in [5, 5.41) is 6.61. The highest BCUT2D eigenvalue weighted by Gasteiger charge is 2.40. The average Bonchev–Trinajstić information content (AvgIpc) is 3.19. The molecule has 2 aliphatic rings. The molecule has 27 heavy (non-hydrogen) atoms. The lowest BCUT2D eigenvalue weighted by atomic mass is 9.72. The Bertz CT molecular complexity index is 826. The van der Waals surface area contributed by atoms with E-state index >= 15 is 0 Å². The molecule has 0 bridgehead atoms. The lowest BCUT2D eigenvalue weighted by molar-refractivity contribution is 0.0534. The predicted octanol–water partition coefficient (Wildman–Crippen LogP) is 1.93. The molecule has 1 amide bonds. The van der Waals surface area contributed by atoms with E-state index in [2.05, 4.69) is 25.1 Å². The summed E-state index contributed by atoms with van der Waals surface area (Å²) >= 11 is 0. The summed E-state index contributed by atoms with van der Waals surface area (Å²) in [4.78, 5) is 37.0. The Morgan fingerprint density at radius 1 is 1.11 bits per heavy atom. The summed E-state index contributed by atoms with van der Waals surface area (Å²) < 4.78 is 0. The maximum absolute atomic E-state index is 12.7. The Balaban J connectivity index is 1.40. The van der Waals surface area contributed by atoms with Crippen molar-refractivity contribution in [2.75, 3.05) is 31.1 Å². The number of amides is 1. The Morgan fingerprint density at radius 2 is 1.85 bits per heavy atom. The summed E-state index contributed by atoms with van der Waals surface area (Å²) in [6.45, 7) is 4.81. The van der Waals surface area contributed by atoms with Crippen LogP contribution in [0.15, 0.2) is 24.5 Å². The van der Waals surface area contributed by atoms with Crippen LogP contribution < -0.4 is 4.90 Å². The first kappa shape index (κ1) is 17.6. The molecular weight excluding hydrogens is 344 g/mol. The second-order valence-electron chi connectivity index (χ2n) is 7.59. The normalized spacial score (nSPS) is 19.3. The topological polar surface area (TPSA) is 95.1 Å². The summed E-state index contributed by atoms with van der Waals surface area (Å²) in [5.74, 6) is 0.571. The van der Waals surface area contributed by atoms with E-state index in [1.54, 1.807) is 18.5 Å². The number of piperidine rings is 2. The van der Waals surface area contributed by atoms with E-state index < -0.39 is 0 Å². The third-order valence-corrected chi connectivity index (χ3v) is 5.78. The number of anilines is 1. The highest BCUT2D eigenvalue weighted by atomic mass is 16.2. The van der Waals surface area contributed by atoms with E-state index in [4.69, 9.17) is 0 Å². The molecule has 1 N–H and O–H groups in total. The minimum atomic E-state index is -0.145. The maximum atomic E-state index is 12.7. The van der Waals surface area contributed by atoms with Crippen LogP contribution in [-0.2, 0) is 0 Å². The standard InChI is InChI=1S/C19H24N6O2/c1-14(26)15-12-16(23-22-15)17(27)24-10-5-19(6-11-24)4-2-9-25(13-19)18-20-7-3-8-21-18/h3,7-8,12H,2,4-6,9-11,13H2,1H3,(H,22,23). The van der Waals surface area contributed by atoms with Gasteiger partial charge >= 0.3 is 0 Å². The number of likely N-dealkylation sites (tertiary alicyclic amines) is 1. The molecule has 0 atom stereocenters. The molecule has 8 nitrogen and oxygen atoms in total. The molecule has 2 aromatic heterocycles. The van der Waals surface area contributed by atoms with Crippen molar-refractivity contribution in [3.63, 3.8) is 0 Å². The van der Waals surface area contributed by atoms with Gasteiger partial charge in [-0.2, -0.15) is 5.10 Å². The fourth-order valence-electron chi connectivity index (χ4n) is 4.21. The van der Waals surface area contributed by atoms with Crippen LogP contribution in [0, 0.1) is 5.41 Å². The monoisotopic (exact) mass is 368 g/mol. The van der Waals surface area contributed by atoms with Gasteiger partial charge in [0.1, 0.15) is 11.4 Å². The molecule has 0 aliphatic carbocycles. The van der Waals surface area contributed by atoms with Crippen molar-refractivity contribution >= 4 is 17.6 Å². The van der Waals surface area contributed by atoms with Crippen molar-refractivity contribution in [3.05, 3.63) is 35.9 Å². The molecule has 2 saturated heterocycles. The number of hydrogen-bond donors (Lipinski definition) is 1. The molecule has 8 heteroatoms. The van der Waals surface area contributed by atoms with Gasteiger partial charge in [-0.25, -0.2) is 9.97 Å². The van der Waals surface area contributed by atoms with Crippen LogP contribution in [0.25, 0.3) is 0 Å². The molecule has 0 aromatic carbocycles. The average molecular weight is 368 g/mol. The van der Waals surface area contributed by atoms with E-state index in [-0.39, 0.29) is 17.1 Å². The molecule has 4 rings (SSSR count). The Labute approximate surface area is 158 Å². The van der Waals surface area contributed by atoms with Crippen molar-refractivity contribution in [1.29, 1.82) is 0 Å². The lowest BCUT2D eigenvalue weighted by Gasteiger charge is -2.47. The van der Waals surface area contributed by atoms with Crippen molar-refractivity contribution in [1.82, 2.24) is 25.1 Å². The largest absolute Gasteiger partial charge is 0.340 e. The van der Waals surface area contributed by atoms with Crippen LogP contribution in [-0.4, -0.2) is 62.9 Å². The SMILES string of the molecule is CC(=O)c1cc(C(=O)N2CCC3(CCCN(c4ncccn4)C3)CC2)[nH]n1. The summed E-state index contributed by atoms with van der Waals surface area (Å²) in [6, 6.07) is 3.38. The van der Waals surface area contributed by atoms with Gasteiger partial charge in [0, 0.05) is 45.5 Å². The first-order chi connectivity index (χ1) is 13.1. The Kier molecular flexibility index (Phi) is 4.63. The molecule has 0 unspecified atom stereocenters. The number of rotatable bonds is 3. The van der Waals surface area contributed by atoms with Crippen LogP contribution in [0.2, 0.25) is 0 Å². The lowest BCUT2D eigenvalue weighted by Crippen LogP contribution is -2.51. The molecule has 0 radical (unpaired) electrons. The zero-order valence-corrected chi connectivity index (χ0v) is 15.5. The van der Waals surface area contributed by atoms with E-state index in [1.165, 1.54) is 13.3 Å². The number of Topliss-reactive ketones (excluding diaryl/α,β-unsaturated/α-hetero) is 1. The number of carbonyl (C=O) groups excluding carboxylic acids is 2. The molecular formula is C19H24N6O2. The molecule has 2 aromatic rings. The van der Waals surface area contributed by atoms with Crippen molar-refractivity contribution in [2.24, 2.45) is 5.41 Å². The molecule has 2 aliphatic heterocycles. The zero-order valence-electron chi connectivity index (χ0n) is 15.5. The van der Waals surface area contributed by atoms with Gasteiger partial charge in [-0.05, 0) is 43.2 Å². The van der Waals surface area contributed by atoms with Gasteiger partial charge < -0.3 is 9.80 Å². The van der Waals surface area contributed by atoms with Gasteiger partial charge in [0.15, 0.2) is 5.78 Å². The maximum Gasteiger partial charge on any atom is 0.271 e. The van der Waals surface area contributed by atoms with Crippen LogP contribution in [0.4, 0.5) is 5.95 Å². The first-order valence-corrected chi connectivity index (χ1v) is 9.44. The quantitative estimate of drug-likeness (QED) is 0.832. The zero-order chi connectivity index (χ0) is 18.9. The van der Waals surface area contributed by atoms with E-state index in [9.17, 15) is 9.59 Å². The van der Waals surface area contributed by atoms with Crippen LogP contribution in [0.3, 0.4) is 0 Å². The van der Waals surface area contributed by atoms with Crippen molar-refractivity contribution in [3.8, 4) is 0 Å². The smallest absolute Gasteiger partial charge is 0.271 e. The summed E-state index contributed by atoms with van der Waals surface area (Å²) in [5.41, 5.74) is 0.906. The van der Waals surface area contributed by atoms with Gasteiger partial charge in [0.2, 0.25) is 5.95 Å². The van der Waals surface area contributed by atoms with Crippen LogP contribution >= 0.6 is 0 Å². The third-order valence-electron chi connectivity index (χ3n) is 5.78. The fraction of sp³-hybridized carbons (Fsp3) is 0.526. The number of aromatic nitrogens is 4. The second kappa shape index (κ2) is 7.09. The first-order valence-electron chi connectivity index (χ1n) is 9.44. The molecule has 2 fully saturated rings. The number of nitrogens with one attached hydrogen (secondary N) is 1.